The predicted octanol–water partition coefficient (Wildman–Crippen LogP) is 4.04. The van der Waals surface area contributed by atoms with Gasteiger partial charge in [-0.3, -0.25) is 4.90 Å². The molecular formula is C18H30N2. The normalized spacial score (nSPS) is 16.9. The molecule has 0 aliphatic carbocycles. The Morgan fingerprint density at radius 2 is 1.80 bits per heavy atom. The van der Waals surface area contributed by atoms with Crippen LogP contribution in [0.3, 0.4) is 0 Å². The summed E-state index contributed by atoms with van der Waals surface area (Å²) in [5.74, 6) is 0.620. The molecule has 20 heavy (non-hydrogen) atoms. The number of hydrogen-bond donors (Lipinski definition) is 0. The van der Waals surface area contributed by atoms with Crippen LogP contribution >= 0.6 is 0 Å². The van der Waals surface area contributed by atoms with E-state index in [1.54, 1.807) is 0 Å². The maximum atomic E-state index is 2.61. The van der Waals surface area contributed by atoms with E-state index < -0.39 is 0 Å². The average molecular weight is 274 g/mol. The van der Waals surface area contributed by atoms with E-state index in [4.69, 9.17) is 0 Å². The molecule has 0 spiro atoms. The van der Waals surface area contributed by atoms with Crippen molar-refractivity contribution in [2.75, 3.05) is 37.6 Å². The van der Waals surface area contributed by atoms with Gasteiger partial charge in [-0.1, -0.05) is 33.3 Å². The van der Waals surface area contributed by atoms with Crippen molar-refractivity contribution < 1.29 is 0 Å². The largest absolute Gasteiger partial charge is 0.369 e. The minimum absolute atomic E-state index is 0.620. The summed E-state index contributed by atoms with van der Waals surface area (Å²) in [5.41, 5.74) is 4.32. The third kappa shape index (κ3) is 3.76. The van der Waals surface area contributed by atoms with Crippen LogP contribution < -0.4 is 4.90 Å². The molecule has 1 aliphatic rings. The summed E-state index contributed by atoms with van der Waals surface area (Å²) in [5, 5.41) is 0. The molecule has 2 nitrogen and oxygen atoms in total. The van der Waals surface area contributed by atoms with E-state index in [9.17, 15) is 0 Å². The van der Waals surface area contributed by atoms with Crippen molar-refractivity contribution >= 4 is 5.69 Å². The molecule has 0 bridgehead atoms. The molecule has 1 aromatic rings. The minimum Gasteiger partial charge on any atom is -0.369 e. The molecule has 1 aliphatic heterocycles. The van der Waals surface area contributed by atoms with Crippen molar-refractivity contribution in [3.63, 3.8) is 0 Å². The van der Waals surface area contributed by atoms with Crippen LogP contribution in [0, 0.1) is 6.92 Å². The number of aryl methyl sites for hydroxylation is 1. The van der Waals surface area contributed by atoms with Crippen LogP contribution in [0.15, 0.2) is 18.2 Å². The summed E-state index contributed by atoms with van der Waals surface area (Å²) >= 11 is 0. The summed E-state index contributed by atoms with van der Waals surface area (Å²) in [7, 11) is 0. The van der Waals surface area contributed by atoms with E-state index in [0.717, 1.165) is 0 Å². The van der Waals surface area contributed by atoms with Crippen molar-refractivity contribution in [3.05, 3.63) is 29.3 Å². The molecule has 2 rings (SSSR count). The first-order chi connectivity index (χ1) is 9.61. The second kappa shape index (κ2) is 7.12. The molecule has 0 aromatic heterocycles. The van der Waals surface area contributed by atoms with Crippen molar-refractivity contribution in [1.82, 2.24) is 4.90 Å². The predicted molar refractivity (Wildman–Crippen MR) is 88.8 cm³/mol. The Kier molecular flexibility index (Phi) is 5.47. The van der Waals surface area contributed by atoms with Gasteiger partial charge < -0.3 is 4.90 Å². The monoisotopic (exact) mass is 274 g/mol. The van der Waals surface area contributed by atoms with Gasteiger partial charge in [-0.05, 0) is 49.1 Å². The Bertz CT molecular complexity index is 417. The van der Waals surface area contributed by atoms with Gasteiger partial charge in [0.1, 0.15) is 0 Å². The van der Waals surface area contributed by atoms with Gasteiger partial charge in [-0.15, -0.1) is 0 Å². The van der Waals surface area contributed by atoms with Crippen LogP contribution in [-0.2, 0) is 0 Å². The molecule has 0 N–H and O–H groups in total. The van der Waals surface area contributed by atoms with Gasteiger partial charge in [0.2, 0.25) is 0 Å². The zero-order chi connectivity index (χ0) is 14.5. The van der Waals surface area contributed by atoms with Gasteiger partial charge in [0.25, 0.3) is 0 Å². The minimum atomic E-state index is 0.620. The lowest BCUT2D eigenvalue weighted by Gasteiger charge is -2.36. The van der Waals surface area contributed by atoms with Crippen molar-refractivity contribution in [3.8, 4) is 0 Å². The Morgan fingerprint density at radius 3 is 2.35 bits per heavy atom. The molecule has 2 heteroatoms. The highest BCUT2D eigenvalue weighted by atomic mass is 15.3. The molecule has 1 heterocycles. The second-order valence-corrected chi connectivity index (χ2v) is 6.38. The van der Waals surface area contributed by atoms with Crippen LogP contribution in [0.2, 0.25) is 0 Å². The van der Waals surface area contributed by atoms with Gasteiger partial charge in [0, 0.05) is 31.9 Å². The number of piperazine rings is 1. The molecule has 0 radical (unpaired) electrons. The Balaban J connectivity index is 1.95. The maximum Gasteiger partial charge on any atom is 0.0369 e. The molecule has 0 amide bonds. The highest BCUT2D eigenvalue weighted by Crippen LogP contribution is 2.25. The number of hydrogen-bond acceptors (Lipinski definition) is 2. The summed E-state index contributed by atoms with van der Waals surface area (Å²) in [4.78, 5) is 5.15. The Labute approximate surface area is 124 Å². The molecule has 0 atom stereocenters. The van der Waals surface area contributed by atoms with Gasteiger partial charge >= 0.3 is 0 Å². The van der Waals surface area contributed by atoms with Gasteiger partial charge in [0.05, 0.1) is 0 Å². The fraction of sp³-hybridized carbons (Fsp3) is 0.667. The highest BCUT2D eigenvalue weighted by Gasteiger charge is 2.17. The van der Waals surface area contributed by atoms with E-state index in [-0.39, 0.29) is 0 Å². The molecule has 1 saturated heterocycles. The average Bonchev–Trinajstić information content (AvgIpc) is 2.45. The van der Waals surface area contributed by atoms with Crippen LogP contribution in [0.25, 0.3) is 0 Å². The first-order valence-corrected chi connectivity index (χ1v) is 8.19. The summed E-state index contributed by atoms with van der Waals surface area (Å²) in [6.07, 6.45) is 2.64. The topological polar surface area (TPSA) is 6.48 Å². The summed E-state index contributed by atoms with van der Waals surface area (Å²) < 4.78 is 0. The second-order valence-electron chi connectivity index (χ2n) is 6.38. The number of rotatable bonds is 5. The van der Waals surface area contributed by atoms with E-state index in [0.29, 0.717) is 5.92 Å². The molecule has 0 unspecified atom stereocenters. The lowest BCUT2D eigenvalue weighted by molar-refractivity contribution is 0.254. The third-order valence-corrected chi connectivity index (χ3v) is 4.44. The summed E-state index contributed by atoms with van der Waals surface area (Å²) in [6.45, 7) is 15.1. The van der Waals surface area contributed by atoms with Crippen molar-refractivity contribution in [1.29, 1.82) is 0 Å². The zero-order valence-electron chi connectivity index (χ0n) is 13.7. The van der Waals surface area contributed by atoms with Gasteiger partial charge in [0.15, 0.2) is 0 Å². The summed E-state index contributed by atoms with van der Waals surface area (Å²) in [6, 6.07) is 7.00. The van der Waals surface area contributed by atoms with E-state index in [2.05, 4.69) is 55.7 Å². The fourth-order valence-electron chi connectivity index (χ4n) is 3.12. The molecule has 1 fully saturated rings. The number of benzene rings is 1. The van der Waals surface area contributed by atoms with Crippen molar-refractivity contribution in [2.24, 2.45) is 0 Å². The van der Waals surface area contributed by atoms with E-state index >= 15 is 0 Å². The standard InChI is InChI=1S/C18H30N2/c1-5-6-9-19-10-12-20(13-11-19)17-7-8-18(15(2)3)16(4)14-17/h7-8,14-15H,5-6,9-13H2,1-4H3. The Morgan fingerprint density at radius 1 is 1.10 bits per heavy atom. The van der Waals surface area contributed by atoms with Gasteiger partial charge in [-0.25, -0.2) is 0 Å². The van der Waals surface area contributed by atoms with Crippen LogP contribution in [0.5, 0.6) is 0 Å². The third-order valence-electron chi connectivity index (χ3n) is 4.44. The lowest BCUT2D eigenvalue weighted by Crippen LogP contribution is -2.46. The Hall–Kier alpha value is -1.02. The smallest absolute Gasteiger partial charge is 0.0369 e. The fourth-order valence-corrected chi connectivity index (χ4v) is 3.12. The van der Waals surface area contributed by atoms with Crippen LogP contribution in [-0.4, -0.2) is 37.6 Å². The number of unbranched alkanes of at least 4 members (excludes halogenated alkanes) is 1. The first-order valence-electron chi connectivity index (χ1n) is 8.19. The molecule has 0 saturated carbocycles. The van der Waals surface area contributed by atoms with E-state index in [1.807, 2.05) is 0 Å². The molecule has 112 valence electrons. The number of nitrogens with zero attached hydrogens (tertiary/aromatic N) is 2. The van der Waals surface area contributed by atoms with E-state index in [1.165, 1.54) is 62.4 Å². The lowest BCUT2D eigenvalue weighted by atomic mass is 9.97. The quantitative estimate of drug-likeness (QED) is 0.799. The maximum absolute atomic E-state index is 2.61. The van der Waals surface area contributed by atoms with Gasteiger partial charge in [-0.2, -0.15) is 0 Å². The SMILES string of the molecule is CCCCN1CCN(c2ccc(C(C)C)c(C)c2)CC1. The van der Waals surface area contributed by atoms with Crippen molar-refractivity contribution in [2.45, 2.75) is 46.5 Å². The van der Waals surface area contributed by atoms with Crippen LogP contribution in [0.4, 0.5) is 5.69 Å². The first kappa shape index (κ1) is 15.4. The number of anilines is 1. The van der Waals surface area contributed by atoms with Crippen LogP contribution in [0.1, 0.15) is 50.7 Å². The zero-order valence-corrected chi connectivity index (χ0v) is 13.7. The molecule has 1 aromatic carbocycles. The highest BCUT2D eigenvalue weighted by molar-refractivity contribution is 5.51. The molecular weight excluding hydrogens is 244 g/mol.